The van der Waals surface area contributed by atoms with E-state index in [2.05, 4.69) is 5.32 Å². The van der Waals surface area contributed by atoms with Gasteiger partial charge < -0.3 is 5.32 Å². The zero-order valence-corrected chi connectivity index (χ0v) is 11.8. The molecule has 0 amide bonds. The molecule has 0 atom stereocenters. The summed E-state index contributed by atoms with van der Waals surface area (Å²) in [6.07, 6.45) is -4.68. The molecular formula is C14H13F4NS. The number of thiophene rings is 1. The Hall–Kier alpha value is -1.56. The topological polar surface area (TPSA) is 12.0 Å². The van der Waals surface area contributed by atoms with Crippen LogP contribution in [0.25, 0.3) is 0 Å². The van der Waals surface area contributed by atoms with Crippen molar-refractivity contribution in [3.63, 3.8) is 0 Å². The van der Waals surface area contributed by atoms with E-state index in [0.717, 1.165) is 27.5 Å². The van der Waals surface area contributed by atoms with Gasteiger partial charge in [-0.25, -0.2) is 4.39 Å². The fraction of sp³-hybridized carbons (Fsp3) is 0.286. The molecule has 1 aromatic heterocycles. The molecule has 6 heteroatoms. The SMILES string of the molecule is Cc1cc(CNc2ccc(F)c(C(F)(F)F)c2)c(C)s1. The van der Waals surface area contributed by atoms with Crippen LogP contribution in [0.15, 0.2) is 24.3 Å². The molecule has 0 saturated carbocycles. The van der Waals surface area contributed by atoms with E-state index in [0.29, 0.717) is 6.54 Å². The molecular weight excluding hydrogens is 290 g/mol. The third kappa shape index (κ3) is 3.30. The molecule has 0 saturated heterocycles. The van der Waals surface area contributed by atoms with Crippen LogP contribution >= 0.6 is 11.3 Å². The number of rotatable bonds is 3. The summed E-state index contributed by atoms with van der Waals surface area (Å²) in [6, 6.07) is 4.92. The summed E-state index contributed by atoms with van der Waals surface area (Å²) in [5, 5.41) is 2.89. The molecule has 0 bridgehead atoms. The van der Waals surface area contributed by atoms with Crippen LogP contribution in [-0.4, -0.2) is 0 Å². The standard InChI is InChI=1S/C14H13F4NS/c1-8-5-10(9(2)20-8)7-19-11-3-4-13(15)12(6-11)14(16,17)18/h3-6,19H,7H2,1-2H3. The molecule has 1 aromatic carbocycles. The van der Waals surface area contributed by atoms with Crippen molar-refractivity contribution in [2.45, 2.75) is 26.6 Å². The van der Waals surface area contributed by atoms with Gasteiger partial charge >= 0.3 is 6.18 Å². The number of hydrogen-bond acceptors (Lipinski definition) is 2. The fourth-order valence-electron chi connectivity index (χ4n) is 1.91. The Morgan fingerprint density at radius 1 is 1.15 bits per heavy atom. The van der Waals surface area contributed by atoms with Crippen molar-refractivity contribution in [3.8, 4) is 0 Å². The van der Waals surface area contributed by atoms with Gasteiger partial charge in [-0.1, -0.05) is 0 Å². The Kier molecular flexibility index (Phi) is 4.04. The van der Waals surface area contributed by atoms with E-state index in [1.165, 1.54) is 6.07 Å². The summed E-state index contributed by atoms with van der Waals surface area (Å²) < 4.78 is 50.9. The van der Waals surface area contributed by atoms with Crippen LogP contribution in [0.4, 0.5) is 23.2 Å². The zero-order chi connectivity index (χ0) is 14.9. The van der Waals surface area contributed by atoms with Gasteiger partial charge in [0, 0.05) is 22.0 Å². The third-order valence-corrected chi connectivity index (χ3v) is 3.91. The summed E-state index contributed by atoms with van der Waals surface area (Å²) >= 11 is 1.63. The Morgan fingerprint density at radius 2 is 1.85 bits per heavy atom. The fourth-order valence-corrected chi connectivity index (χ4v) is 2.86. The summed E-state index contributed by atoms with van der Waals surface area (Å²) in [7, 11) is 0. The van der Waals surface area contributed by atoms with Crippen molar-refractivity contribution in [2.24, 2.45) is 0 Å². The number of halogens is 4. The number of benzene rings is 1. The highest BCUT2D eigenvalue weighted by Gasteiger charge is 2.34. The highest BCUT2D eigenvalue weighted by atomic mass is 32.1. The van der Waals surface area contributed by atoms with Gasteiger partial charge in [-0.2, -0.15) is 13.2 Å². The average Bonchev–Trinajstić information content (AvgIpc) is 2.65. The molecule has 0 aliphatic heterocycles. The molecule has 0 spiro atoms. The van der Waals surface area contributed by atoms with Crippen LogP contribution in [0, 0.1) is 19.7 Å². The first-order valence-corrected chi connectivity index (χ1v) is 6.75. The molecule has 2 aromatic rings. The van der Waals surface area contributed by atoms with Gasteiger partial charge in [0.25, 0.3) is 0 Å². The maximum Gasteiger partial charge on any atom is 0.419 e. The first-order valence-electron chi connectivity index (χ1n) is 5.94. The van der Waals surface area contributed by atoms with Crippen molar-refractivity contribution in [1.82, 2.24) is 0 Å². The predicted octanol–water partition coefficient (Wildman–Crippen LogP) is 5.13. The average molecular weight is 303 g/mol. The van der Waals surface area contributed by atoms with Gasteiger partial charge in [-0.05, 0) is 43.7 Å². The number of anilines is 1. The lowest BCUT2D eigenvalue weighted by molar-refractivity contribution is -0.139. The number of aryl methyl sites for hydroxylation is 2. The largest absolute Gasteiger partial charge is 0.419 e. The molecule has 0 aliphatic rings. The van der Waals surface area contributed by atoms with Crippen LogP contribution in [-0.2, 0) is 12.7 Å². The van der Waals surface area contributed by atoms with E-state index in [1.54, 1.807) is 11.3 Å². The second-order valence-electron chi connectivity index (χ2n) is 4.48. The summed E-state index contributed by atoms with van der Waals surface area (Å²) in [5.41, 5.74) is 0.0353. The lowest BCUT2D eigenvalue weighted by atomic mass is 10.1. The van der Waals surface area contributed by atoms with E-state index < -0.39 is 17.6 Å². The Labute approximate surface area is 118 Å². The van der Waals surface area contributed by atoms with Gasteiger partial charge in [0.05, 0.1) is 5.56 Å². The lowest BCUT2D eigenvalue weighted by Gasteiger charge is -2.11. The van der Waals surface area contributed by atoms with Gasteiger partial charge in [-0.15, -0.1) is 11.3 Å². The van der Waals surface area contributed by atoms with E-state index in [1.807, 2.05) is 19.9 Å². The number of alkyl halides is 3. The van der Waals surface area contributed by atoms with Crippen LogP contribution in [0.2, 0.25) is 0 Å². The predicted molar refractivity (Wildman–Crippen MR) is 72.5 cm³/mol. The third-order valence-electron chi connectivity index (χ3n) is 2.90. The van der Waals surface area contributed by atoms with Crippen LogP contribution in [0.3, 0.4) is 0 Å². The molecule has 1 heterocycles. The second-order valence-corrected chi connectivity index (χ2v) is 5.94. The van der Waals surface area contributed by atoms with E-state index in [9.17, 15) is 17.6 Å². The van der Waals surface area contributed by atoms with Crippen LogP contribution in [0.1, 0.15) is 20.9 Å². The number of hydrogen-bond donors (Lipinski definition) is 1. The first-order chi connectivity index (χ1) is 9.27. The van der Waals surface area contributed by atoms with Crippen molar-refractivity contribution in [3.05, 3.63) is 51.0 Å². The monoisotopic (exact) mass is 303 g/mol. The summed E-state index contributed by atoms with van der Waals surface area (Å²) in [6.45, 7) is 4.35. The van der Waals surface area contributed by atoms with Crippen LogP contribution in [0.5, 0.6) is 0 Å². The van der Waals surface area contributed by atoms with Gasteiger partial charge in [0.2, 0.25) is 0 Å². The molecule has 0 radical (unpaired) electrons. The van der Waals surface area contributed by atoms with Gasteiger partial charge in [0.1, 0.15) is 5.82 Å². The lowest BCUT2D eigenvalue weighted by Crippen LogP contribution is -2.09. The molecule has 0 fully saturated rings. The molecule has 108 valence electrons. The molecule has 1 nitrogen and oxygen atoms in total. The van der Waals surface area contributed by atoms with Gasteiger partial charge in [-0.3, -0.25) is 0 Å². The zero-order valence-electron chi connectivity index (χ0n) is 10.9. The van der Waals surface area contributed by atoms with E-state index in [-0.39, 0.29) is 5.69 Å². The maximum atomic E-state index is 13.2. The summed E-state index contributed by atoms with van der Waals surface area (Å²) in [4.78, 5) is 2.27. The number of nitrogens with one attached hydrogen (secondary N) is 1. The maximum absolute atomic E-state index is 13.2. The normalized spacial score (nSPS) is 11.7. The second kappa shape index (κ2) is 5.44. The smallest absolute Gasteiger partial charge is 0.381 e. The quantitative estimate of drug-likeness (QED) is 0.775. The van der Waals surface area contributed by atoms with Crippen molar-refractivity contribution < 1.29 is 17.6 Å². The van der Waals surface area contributed by atoms with Crippen molar-refractivity contribution in [2.75, 3.05) is 5.32 Å². The Bertz CT molecular complexity index is 616. The minimum absolute atomic E-state index is 0.252. The first kappa shape index (κ1) is 14.8. The molecule has 0 unspecified atom stereocenters. The molecule has 0 aliphatic carbocycles. The van der Waals surface area contributed by atoms with Crippen molar-refractivity contribution >= 4 is 17.0 Å². The minimum atomic E-state index is -4.68. The molecule has 20 heavy (non-hydrogen) atoms. The highest BCUT2D eigenvalue weighted by molar-refractivity contribution is 7.12. The molecule has 2 rings (SSSR count). The Balaban J connectivity index is 2.16. The molecule has 1 N–H and O–H groups in total. The van der Waals surface area contributed by atoms with Crippen LogP contribution < -0.4 is 5.32 Å². The summed E-state index contributed by atoms with van der Waals surface area (Å²) in [5.74, 6) is -1.26. The highest BCUT2D eigenvalue weighted by Crippen LogP contribution is 2.33. The van der Waals surface area contributed by atoms with Gasteiger partial charge in [0.15, 0.2) is 0 Å². The Morgan fingerprint density at radius 3 is 2.40 bits per heavy atom. The van der Waals surface area contributed by atoms with Crippen molar-refractivity contribution in [1.29, 1.82) is 0 Å². The van der Waals surface area contributed by atoms with E-state index in [4.69, 9.17) is 0 Å². The minimum Gasteiger partial charge on any atom is -0.381 e. The van der Waals surface area contributed by atoms with E-state index >= 15 is 0 Å².